The highest BCUT2D eigenvalue weighted by atomic mass is 19.4. The van der Waals surface area contributed by atoms with Crippen molar-refractivity contribution in [2.75, 3.05) is 0 Å². The summed E-state index contributed by atoms with van der Waals surface area (Å²) in [5.41, 5.74) is 0. The van der Waals surface area contributed by atoms with Gasteiger partial charge in [0.25, 0.3) is 0 Å². The van der Waals surface area contributed by atoms with Crippen molar-refractivity contribution in [1.29, 1.82) is 0 Å². The highest BCUT2D eigenvalue weighted by Crippen LogP contribution is 2.31. The first-order valence-corrected chi connectivity index (χ1v) is 3.74. The first-order valence-electron chi connectivity index (χ1n) is 3.74. The molecule has 1 nitrogen and oxygen atoms in total. The summed E-state index contributed by atoms with van der Waals surface area (Å²) in [6.45, 7) is 3.10. The molecule has 66 valence electrons. The Bertz CT molecular complexity index is 143. The summed E-state index contributed by atoms with van der Waals surface area (Å²) in [5, 5.41) is 2.52. The molecule has 0 bridgehead atoms. The van der Waals surface area contributed by atoms with Crippen molar-refractivity contribution in [3.05, 3.63) is 0 Å². The van der Waals surface area contributed by atoms with Crippen LogP contribution in [0, 0.1) is 5.92 Å². The maximum atomic E-state index is 11.9. The molecule has 0 aromatic rings. The van der Waals surface area contributed by atoms with Crippen molar-refractivity contribution >= 4 is 0 Å². The zero-order chi connectivity index (χ0) is 8.65. The molecule has 0 amide bonds. The third-order valence-corrected chi connectivity index (χ3v) is 2.06. The number of hydrogen-bond donors (Lipinski definition) is 1. The standard InChI is InChI=1S/C7H12F3N/c1-4-3-6(4)11-5(2)7(8,9)10/h4-6,11H,3H2,1-2H3. The van der Waals surface area contributed by atoms with E-state index < -0.39 is 12.2 Å². The van der Waals surface area contributed by atoms with Gasteiger partial charge in [-0.15, -0.1) is 0 Å². The van der Waals surface area contributed by atoms with Gasteiger partial charge in [-0.05, 0) is 19.3 Å². The number of alkyl halides is 3. The summed E-state index contributed by atoms with van der Waals surface area (Å²) >= 11 is 0. The number of hydrogen-bond acceptors (Lipinski definition) is 1. The van der Waals surface area contributed by atoms with Gasteiger partial charge in [-0.1, -0.05) is 6.92 Å². The van der Waals surface area contributed by atoms with Crippen LogP contribution < -0.4 is 5.32 Å². The monoisotopic (exact) mass is 167 g/mol. The first kappa shape index (κ1) is 8.84. The highest BCUT2D eigenvalue weighted by molar-refractivity contribution is 4.92. The van der Waals surface area contributed by atoms with Gasteiger partial charge in [0, 0.05) is 6.04 Å². The topological polar surface area (TPSA) is 12.0 Å². The maximum absolute atomic E-state index is 11.9. The molecule has 1 aliphatic rings. The molecule has 0 saturated heterocycles. The number of rotatable bonds is 2. The molecule has 0 radical (unpaired) electrons. The van der Waals surface area contributed by atoms with Crippen LogP contribution in [0.3, 0.4) is 0 Å². The number of nitrogens with one attached hydrogen (secondary N) is 1. The summed E-state index contributed by atoms with van der Waals surface area (Å²) in [4.78, 5) is 0. The lowest BCUT2D eigenvalue weighted by atomic mass is 10.3. The van der Waals surface area contributed by atoms with Crippen LogP contribution in [0.2, 0.25) is 0 Å². The van der Waals surface area contributed by atoms with Gasteiger partial charge in [0.1, 0.15) is 6.04 Å². The zero-order valence-electron chi connectivity index (χ0n) is 6.57. The number of halogens is 3. The summed E-state index contributed by atoms with van der Waals surface area (Å²) in [6.07, 6.45) is -3.22. The molecule has 1 aliphatic carbocycles. The van der Waals surface area contributed by atoms with Crippen LogP contribution in [0.5, 0.6) is 0 Å². The SMILES string of the molecule is CC1CC1NC(C)C(F)(F)F. The van der Waals surface area contributed by atoms with Crippen molar-refractivity contribution in [2.24, 2.45) is 5.92 Å². The van der Waals surface area contributed by atoms with Crippen LogP contribution in [0.1, 0.15) is 20.3 Å². The van der Waals surface area contributed by atoms with E-state index in [2.05, 4.69) is 5.32 Å². The van der Waals surface area contributed by atoms with Gasteiger partial charge in [0.15, 0.2) is 0 Å². The second kappa shape index (κ2) is 2.66. The molecule has 1 saturated carbocycles. The fraction of sp³-hybridized carbons (Fsp3) is 1.00. The van der Waals surface area contributed by atoms with Crippen molar-refractivity contribution < 1.29 is 13.2 Å². The average molecular weight is 167 g/mol. The Labute approximate surface area is 64.0 Å². The minimum absolute atomic E-state index is 0.0895. The van der Waals surface area contributed by atoms with Crippen molar-refractivity contribution in [1.82, 2.24) is 5.32 Å². The quantitative estimate of drug-likeness (QED) is 0.662. The molecule has 11 heavy (non-hydrogen) atoms. The van der Waals surface area contributed by atoms with E-state index in [9.17, 15) is 13.2 Å². The highest BCUT2D eigenvalue weighted by Gasteiger charge is 2.42. The lowest BCUT2D eigenvalue weighted by Gasteiger charge is -2.16. The third kappa shape index (κ3) is 2.36. The van der Waals surface area contributed by atoms with E-state index in [1.807, 2.05) is 6.92 Å². The van der Waals surface area contributed by atoms with E-state index >= 15 is 0 Å². The fourth-order valence-electron chi connectivity index (χ4n) is 0.970. The van der Waals surface area contributed by atoms with Gasteiger partial charge in [-0.3, -0.25) is 0 Å². The lowest BCUT2D eigenvalue weighted by Crippen LogP contribution is -2.41. The summed E-state index contributed by atoms with van der Waals surface area (Å²) in [5.74, 6) is 0.416. The van der Waals surface area contributed by atoms with E-state index in [4.69, 9.17) is 0 Å². The molecule has 1 rings (SSSR count). The second-order valence-corrected chi connectivity index (χ2v) is 3.25. The van der Waals surface area contributed by atoms with E-state index in [0.717, 1.165) is 13.3 Å². The minimum Gasteiger partial charge on any atom is -0.303 e. The summed E-state index contributed by atoms with van der Waals surface area (Å²) in [7, 11) is 0. The smallest absolute Gasteiger partial charge is 0.303 e. The van der Waals surface area contributed by atoms with Crippen LogP contribution in [0.15, 0.2) is 0 Å². The Morgan fingerprint density at radius 1 is 1.45 bits per heavy atom. The molecule has 0 aromatic carbocycles. The van der Waals surface area contributed by atoms with Gasteiger partial charge in [-0.2, -0.15) is 13.2 Å². The average Bonchev–Trinajstić information content (AvgIpc) is 2.44. The Morgan fingerprint density at radius 2 is 1.91 bits per heavy atom. The Hall–Kier alpha value is -0.250. The van der Waals surface area contributed by atoms with Gasteiger partial charge >= 0.3 is 6.18 Å². The maximum Gasteiger partial charge on any atom is 0.403 e. The normalized spacial score (nSPS) is 33.5. The van der Waals surface area contributed by atoms with Gasteiger partial charge in [0.05, 0.1) is 0 Å². The molecule has 0 spiro atoms. The van der Waals surface area contributed by atoms with Crippen molar-refractivity contribution in [3.8, 4) is 0 Å². The molecule has 0 heterocycles. The molecule has 1 fully saturated rings. The van der Waals surface area contributed by atoms with E-state index in [1.165, 1.54) is 0 Å². The van der Waals surface area contributed by atoms with Gasteiger partial charge < -0.3 is 5.32 Å². The molecular weight excluding hydrogens is 155 g/mol. The van der Waals surface area contributed by atoms with Crippen LogP contribution in [-0.2, 0) is 0 Å². The van der Waals surface area contributed by atoms with Crippen molar-refractivity contribution in [3.63, 3.8) is 0 Å². The first-order chi connectivity index (χ1) is 4.91. The van der Waals surface area contributed by atoms with E-state index in [1.54, 1.807) is 0 Å². The Morgan fingerprint density at radius 3 is 2.18 bits per heavy atom. The summed E-state index contributed by atoms with van der Waals surface area (Å²) < 4.78 is 35.7. The van der Waals surface area contributed by atoms with Crippen LogP contribution >= 0.6 is 0 Å². The molecule has 0 aromatic heterocycles. The van der Waals surface area contributed by atoms with Crippen molar-refractivity contribution in [2.45, 2.75) is 38.5 Å². The van der Waals surface area contributed by atoms with E-state index in [0.29, 0.717) is 5.92 Å². The van der Waals surface area contributed by atoms with Crippen LogP contribution in [0.4, 0.5) is 13.2 Å². The molecule has 4 heteroatoms. The predicted molar refractivity (Wildman–Crippen MR) is 36.2 cm³/mol. The third-order valence-electron chi connectivity index (χ3n) is 2.06. The zero-order valence-corrected chi connectivity index (χ0v) is 6.57. The second-order valence-electron chi connectivity index (χ2n) is 3.25. The molecule has 3 atom stereocenters. The van der Waals surface area contributed by atoms with E-state index in [-0.39, 0.29) is 6.04 Å². The summed E-state index contributed by atoms with van der Waals surface area (Å²) in [6, 6.07) is -1.27. The van der Waals surface area contributed by atoms with Crippen LogP contribution in [-0.4, -0.2) is 18.3 Å². The minimum atomic E-state index is -4.09. The lowest BCUT2D eigenvalue weighted by molar-refractivity contribution is -0.152. The predicted octanol–water partition coefficient (Wildman–Crippen LogP) is 1.94. The van der Waals surface area contributed by atoms with Crippen LogP contribution in [0.25, 0.3) is 0 Å². The van der Waals surface area contributed by atoms with Gasteiger partial charge in [-0.25, -0.2) is 0 Å². The molecule has 3 unspecified atom stereocenters. The largest absolute Gasteiger partial charge is 0.403 e. The fourth-order valence-corrected chi connectivity index (χ4v) is 0.970. The molecule has 1 N–H and O–H groups in total. The Balaban J connectivity index is 2.26. The van der Waals surface area contributed by atoms with Gasteiger partial charge in [0.2, 0.25) is 0 Å². The molecular formula is C7H12F3N. The molecule has 0 aliphatic heterocycles. The Kier molecular flexibility index (Phi) is 2.14.